The summed E-state index contributed by atoms with van der Waals surface area (Å²) < 4.78 is 55.3. The normalized spacial score (nSPS) is 11.9. The third-order valence-corrected chi connectivity index (χ3v) is 5.68. The highest BCUT2D eigenvalue weighted by atomic mass is 32.1. The molecule has 0 atom stereocenters. The molecule has 5 nitrogen and oxygen atoms in total. The number of anilines is 1. The fourth-order valence-electron chi connectivity index (χ4n) is 3.19. The molecule has 0 aliphatic rings. The van der Waals surface area contributed by atoms with Crippen LogP contribution in [0.1, 0.15) is 11.4 Å². The van der Waals surface area contributed by atoms with Gasteiger partial charge in [-0.15, -0.1) is 11.3 Å². The van der Waals surface area contributed by atoms with Crippen LogP contribution in [0.3, 0.4) is 0 Å². The minimum absolute atomic E-state index is 0.148. The molecule has 2 aromatic heterocycles. The van der Waals surface area contributed by atoms with Gasteiger partial charge < -0.3 is 5.32 Å². The molecule has 1 amide bonds. The number of hydrogen-bond donors (Lipinski definition) is 1. The van der Waals surface area contributed by atoms with E-state index in [2.05, 4.69) is 10.3 Å². The van der Waals surface area contributed by atoms with Crippen LogP contribution in [0, 0.1) is 12.7 Å². The number of alkyl halides is 3. The molecule has 2 heterocycles. The van der Waals surface area contributed by atoms with Gasteiger partial charge in [0.2, 0.25) is 5.91 Å². The number of benzene rings is 2. The van der Waals surface area contributed by atoms with Crippen LogP contribution in [0.15, 0.2) is 47.3 Å². The number of carbonyl (C=O) groups is 1. The molecule has 4 aromatic rings. The van der Waals surface area contributed by atoms with Gasteiger partial charge >= 0.3 is 6.18 Å². The number of amides is 1. The second kappa shape index (κ2) is 7.21. The van der Waals surface area contributed by atoms with Crippen LogP contribution >= 0.6 is 11.3 Å². The molecule has 0 radical (unpaired) electrons. The quantitative estimate of drug-likeness (QED) is 0.474. The topological polar surface area (TPSA) is 64.0 Å². The first-order valence-electron chi connectivity index (χ1n) is 8.71. The van der Waals surface area contributed by atoms with E-state index in [1.54, 1.807) is 6.07 Å². The van der Waals surface area contributed by atoms with E-state index >= 15 is 0 Å². The molecule has 30 heavy (non-hydrogen) atoms. The minimum Gasteiger partial charge on any atom is -0.324 e. The van der Waals surface area contributed by atoms with Crippen LogP contribution in [0.25, 0.3) is 20.3 Å². The van der Waals surface area contributed by atoms with Crippen LogP contribution in [-0.4, -0.2) is 15.5 Å². The summed E-state index contributed by atoms with van der Waals surface area (Å²) in [5, 5.41) is 2.43. The molecule has 154 valence electrons. The van der Waals surface area contributed by atoms with Crippen molar-refractivity contribution >= 4 is 43.2 Å². The Bertz CT molecular complexity index is 1360. The number of aromatic nitrogens is 2. The van der Waals surface area contributed by atoms with Crippen LogP contribution in [-0.2, 0) is 17.5 Å². The predicted octanol–water partition coefficient (Wildman–Crippen LogP) is 4.72. The van der Waals surface area contributed by atoms with Gasteiger partial charge in [-0.25, -0.2) is 9.37 Å². The van der Waals surface area contributed by atoms with Crippen LogP contribution < -0.4 is 10.9 Å². The van der Waals surface area contributed by atoms with E-state index < -0.39 is 41.3 Å². The van der Waals surface area contributed by atoms with E-state index in [0.29, 0.717) is 4.70 Å². The number of nitrogens with one attached hydrogen (secondary N) is 1. The maximum absolute atomic E-state index is 14.2. The van der Waals surface area contributed by atoms with Gasteiger partial charge in [0.1, 0.15) is 22.9 Å². The van der Waals surface area contributed by atoms with Crippen LogP contribution in [0.5, 0.6) is 0 Å². The van der Waals surface area contributed by atoms with Gasteiger partial charge in [0.15, 0.2) is 0 Å². The Morgan fingerprint density at radius 3 is 2.63 bits per heavy atom. The minimum atomic E-state index is -4.64. The fourth-order valence-corrected chi connectivity index (χ4v) is 4.30. The van der Waals surface area contributed by atoms with Gasteiger partial charge in [-0.3, -0.25) is 14.2 Å². The summed E-state index contributed by atoms with van der Waals surface area (Å²) in [6.45, 7) is 0.943. The van der Waals surface area contributed by atoms with Gasteiger partial charge in [-0.2, -0.15) is 13.2 Å². The zero-order chi connectivity index (χ0) is 21.6. The van der Waals surface area contributed by atoms with Crippen molar-refractivity contribution in [1.29, 1.82) is 0 Å². The number of hydrogen-bond acceptors (Lipinski definition) is 4. The van der Waals surface area contributed by atoms with Crippen molar-refractivity contribution in [1.82, 2.24) is 9.55 Å². The Morgan fingerprint density at radius 2 is 1.90 bits per heavy atom. The highest BCUT2D eigenvalue weighted by molar-refractivity contribution is 7.25. The molecule has 10 heteroatoms. The van der Waals surface area contributed by atoms with Gasteiger partial charge in [-0.05, 0) is 31.2 Å². The van der Waals surface area contributed by atoms with Gasteiger partial charge in [0.25, 0.3) is 5.56 Å². The summed E-state index contributed by atoms with van der Waals surface area (Å²) in [6, 6.07) is 9.00. The zero-order valence-electron chi connectivity index (χ0n) is 15.4. The van der Waals surface area contributed by atoms with Gasteiger partial charge in [-0.1, -0.05) is 18.2 Å². The van der Waals surface area contributed by atoms with Crippen molar-refractivity contribution in [2.24, 2.45) is 0 Å². The Morgan fingerprint density at radius 1 is 1.17 bits per heavy atom. The first-order valence-corrected chi connectivity index (χ1v) is 9.52. The molecule has 0 bridgehead atoms. The summed E-state index contributed by atoms with van der Waals surface area (Å²) in [4.78, 5) is 29.6. The van der Waals surface area contributed by atoms with E-state index in [-0.39, 0.29) is 21.4 Å². The number of thiophene rings is 1. The first-order chi connectivity index (χ1) is 14.2. The molecule has 0 saturated heterocycles. The van der Waals surface area contributed by atoms with Crippen molar-refractivity contribution in [2.45, 2.75) is 19.6 Å². The predicted molar refractivity (Wildman–Crippen MR) is 106 cm³/mol. The first kappa shape index (κ1) is 20.0. The standard InChI is InChI=1S/C20H13F4N3O2S/c1-10-25-17-16-12(21)6-4-8-14(16)30-18(17)19(29)27(10)9-15(28)26-13-7-3-2-5-11(13)20(22,23)24/h2-8H,9H2,1H3,(H,26,28). The van der Waals surface area contributed by atoms with Crippen LogP contribution in [0.2, 0.25) is 0 Å². The number of aryl methyl sites for hydroxylation is 1. The lowest BCUT2D eigenvalue weighted by molar-refractivity contribution is -0.137. The summed E-state index contributed by atoms with van der Waals surface area (Å²) in [7, 11) is 0. The third-order valence-electron chi connectivity index (χ3n) is 4.55. The summed E-state index contributed by atoms with van der Waals surface area (Å²) in [5.41, 5.74) is -1.75. The van der Waals surface area contributed by atoms with Crippen molar-refractivity contribution in [3.05, 3.63) is 70.0 Å². The van der Waals surface area contributed by atoms with Crippen molar-refractivity contribution in [3.8, 4) is 0 Å². The number of fused-ring (bicyclic) bond motifs is 3. The zero-order valence-corrected chi connectivity index (χ0v) is 16.2. The Kier molecular flexibility index (Phi) is 4.81. The molecule has 0 aliphatic carbocycles. The molecule has 1 N–H and O–H groups in total. The molecule has 2 aromatic carbocycles. The molecule has 4 rings (SSSR count). The van der Waals surface area contributed by atoms with E-state index in [1.807, 2.05) is 0 Å². The average Bonchev–Trinajstić information content (AvgIpc) is 3.04. The molecular weight excluding hydrogens is 422 g/mol. The second-order valence-electron chi connectivity index (χ2n) is 6.53. The van der Waals surface area contributed by atoms with E-state index in [0.717, 1.165) is 28.0 Å². The van der Waals surface area contributed by atoms with Gasteiger partial charge in [0.05, 0.1) is 22.2 Å². The number of nitrogens with zero attached hydrogens (tertiary/aromatic N) is 2. The third kappa shape index (κ3) is 3.43. The van der Waals surface area contributed by atoms with Crippen LogP contribution in [0.4, 0.5) is 23.2 Å². The maximum Gasteiger partial charge on any atom is 0.418 e. The molecule has 0 aliphatic heterocycles. The molecular formula is C20H13F4N3O2S. The summed E-state index contributed by atoms with van der Waals surface area (Å²) in [6.07, 6.45) is -4.64. The van der Waals surface area contributed by atoms with E-state index in [4.69, 9.17) is 0 Å². The Balaban J connectivity index is 1.71. The van der Waals surface area contributed by atoms with E-state index in [9.17, 15) is 27.2 Å². The molecule has 0 fully saturated rings. The van der Waals surface area contributed by atoms with Crippen molar-refractivity contribution < 1.29 is 22.4 Å². The fraction of sp³-hybridized carbons (Fsp3) is 0.150. The number of rotatable bonds is 3. The average molecular weight is 435 g/mol. The van der Waals surface area contributed by atoms with E-state index in [1.165, 1.54) is 31.2 Å². The second-order valence-corrected chi connectivity index (χ2v) is 7.59. The molecule has 0 unspecified atom stereocenters. The van der Waals surface area contributed by atoms with Gasteiger partial charge in [0, 0.05) is 4.70 Å². The summed E-state index contributed by atoms with van der Waals surface area (Å²) >= 11 is 1.05. The Labute approximate surface area is 170 Å². The smallest absolute Gasteiger partial charge is 0.324 e. The monoisotopic (exact) mass is 435 g/mol. The van der Waals surface area contributed by atoms with Crippen molar-refractivity contribution in [3.63, 3.8) is 0 Å². The highest BCUT2D eigenvalue weighted by Gasteiger charge is 2.33. The van der Waals surface area contributed by atoms with Crippen molar-refractivity contribution in [2.75, 3.05) is 5.32 Å². The molecule has 0 saturated carbocycles. The lowest BCUT2D eigenvalue weighted by Crippen LogP contribution is -2.30. The molecule has 0 spiro atoms. The number of halogens is 4. The number of para-hydroxylation sites is 1. The number of carbonyl (C=O) groups excluding carboxylic acids is 1. The largest absolute Gasteiger partial charge is 0.418 e. The SMILES string of the molecule is Cc1nc2c(sc3cccc(F)c32)c(=O)n1CC(=O)Nc1ccccc1C(F)(F)F. The lowest BCUT2D eigenvalue weighted by atomic mass is 10.1. The highest BCUT2D eigenvalue weighted by Crippen LogP contribution is 2.35. The Hall–Kier alpha value is -3.27. The summed E-state index contributed by atoms with van der Waals surface area (Å²) in [5.74, 6) is -1.18. The lowest BCUT2D eigenvalue weighted by Gasteiger charge is -2.14. The maximum atomic E-state index is 14.2.